The van der Waals surface area contributed by atoms with Gasteiger partial charge in [-0.3, -0.25) is 0 Å². The molecule has 0 saturated carbocycles. The molecule has 0 aliphatic rings. The van der Waals surface area contributed by atoms with Gasteiger partial charge in [-0.15, -0.1) is 22.9 Å². The number of rotatable bonds is 4. The Morgan fingerprint density at radius 3 is 2.37 bits per heavy atom. The molecule has 0 radical (unpaired) electrons. The Bertz CT molecular complexity index is 572. The minimum absolute atomic E-state index is 0.151. The van der Waals surface area contributed by atoms with Gasteiger partial charge in [0.1, 0.15) is 0 Å². The average molecular weight is 313 g/mol. The Morgan fingerprint density at radius 2 is 1.84 bits per heavy atom. The molecule has 102 valence electrons. The van der Waals surface area contributed by atoms with E-state index < -0.39 is 0 Å². The van der Waals surface area contributed by atoms with E-state index in [2.05, 4.69) is 37.4 Å². The molecule has 0 fully saturated rings. The number of hydrogen-bond acceptors (Lipinski definition) is 1. The van der Waals surface area contributed by atoms with Crippen LogP contribution in [0.1, 0.15) is 46.4 Å². The van der Waals surface area contributed by atoms with E-state index in [9.17, 15) is 0 Å². The fourth-order valence-electron chi connectivity index (χ4n) is 2.25. The van der Waals surface area contributed by atoms with E-state index in [0.717, 1.165) is 33.9 Å². The van der Waals surface area contributed by atoms with Crippen LogP contribution >= 0.6 is 34.5 Å². The largest absolute Gasteiger partial charge is 0.145 e. The summed E-state index contributed by atoms with van der Waals surface area (Å²) in [7, 11) is 0. The van der Waals surface area contributed by atoms with E-state index in [1.807, 2.05) is 6.92 Å². The molecule has 1 aromatic heterocycles. The molecule has 0 N–H and O–H groups in total. The van der Waals surface area contributed by atoms with E-state index in [1.165, 1.54) is 11.1 Å². The number of aryl methyl sites for hydroxylation is 3. The van der Waals surface area contributed by atoms with E-state index in [1.54, 1.807) is 11.3 Å². The lowest BCUT2D eigenvalue weighted by atomic mass is 9.98. The fourth-order valence-corrected chi connectivity index (χ4v) is 4.01. The summed E-state index contributed by atoms with van der Waals surface area (Å²) in [5.74, 6) is 0. The van der Waals surface area contributed by atoms with Gasteiger partial charge in [0.05, 0.1) is 10.4 Å². The van der Waals surface area contributed by atoms with Crippen LogP contribution in [0, 0.1) is 6.92 Å². The SMILES string of the molecule is CCc1ccc(C(Cl)c2scc(C)c2Cl)cc1CC. The topological polar surface area (TPSA) is 0 Å². The second kappa shape index (κ2) is 6.30. The smallest absolute Gasteiger partial charge is 0.0942 e. The zero-order valence-corrected chi connectivity index (χ0v) is 13.8. The summed E-state index contributed by atoms with van der Waals surface area (Å²) in [4.78, 5) is 1.05. The summed E-state index contributed by atoms with van der Waals surface area (Å²) in [5.41, 5.74) is 5.03. The Labute approximate surface area is 129 Å². The standard InChI is InChI=1S/C16H18Cl2S/c1-4-11-6-7-13(8-12(11)5-2)15(18)16-14(17)10(3)9-19-16/h6-9,15H,4-5H2,1-3H3. The first-order valence-electron chi connectivity index (χ1n) is 6.57. The van der Waals surface area contributed by atoms with Gasteiger partial charge in [0.25, 0.3) is 0 Å². The molecular formula is C16H18Cl2S. The van der Waals surface area contributed by atoms with Crippen molar-refractivity contribution in [3.05, 3.63) is 55.7 Å². The highest BCUT2D eigenvalue weighted by Gasteiger charge is 2.18. The van der Waals surface area contributed by atoms with Gasteiger partial charge in [-0.25, -0.2) is 0 Å². The first-order chi connectivity index (χ1) is 9.08. The van der Waals surface area contributed by atoms with Gasteiger partial charge in [-0.2, -0.15) is 0 Å². The molecule has 2 rings (SSSR count). The number of halogens is 2. The van der Waals surface area contributed by atoms with Crippen LogP contribution in [0.4, 0.5) is 0 Å². The molecule has 0 bridgehead atoms. The van der Waals surface area contributed by atoms with E-state index in [0.29, 0.717) is 0 Å². The van der Waals surface area contributed by atoms with Crippen LogP contribution in [-0.4, -0.2) is 0 Å². The molecule has 0 aliphatic heterocycles. The van der Waals surface area contributed by atoms with Crippen LogP contribution in [0.5, 0.6) is 0 Å². The first kappa shape index (κ1) is 14.9. The van der Waals surface area contributed by atoms with Crippen LogP contribution in [0.2, 0.25) is 5.02 Å². The van der Waals surface area contributed by atoms with E-state index >= 15 is 0 Å². The number of alkyl halides is 1. The predicted molar refractivity (Wildman–Crippen MR) is 87.0 cm³/mol. The van der Waals surface area contributed by atoms with Crippen LogP contribution in [0.25, 0.3) is 0 Å². The van der Waals surface area contributed by atoms with Crippen molar-refractivity contribution in [3.8, 4) is 0 Å². The maximum atomic E-state index is 6.60. The lowest BCUT2D eigenvalue weighted by Gasteiger charge is -2.13. The average Bonchev–Trinajstić information content (AvgIpc) is 2.77. The number of thiophene rings is 1. The van der Waals surface area contributed by atoms with Crippen molar-refractivity contribution in [2.75, 3.05) is 0 Å². The van der Waals surface area contributed by atoms with Crippen LogP contribution in [0.15, 0.2) is 23.6 Å². The molecule has 0 amide bonds. The molecule has 0 saturated heterocycles. The number of benzene rings is 1. The van der Waals surface area contributed by atoms with Gasteiger partial charge in [0, 0.05) is 4.88 Å². The van der Waals surface area contributed by atoms with E-state index in [-0.39, 0.29) is 5.38 Å². The maximum Gasteiger partial charge on any atom is 0.0942 e. The first-order valence-corrected chi connectivity index (χ1v) is 8.27. The number of hydrogen-bond donors (Lipinski definition) is 0. The molecule has 0 nitrogen and oxygen atoms in total. The highest BCUT2D eigenvalue weighted by Crippen LogP contribution is 2.39. The van der Waals surface area contributed by atoms with Gasteiger partial charge in [0.2, 0.25) is 0 Å². The van der Waals surface area contributed by atoms with Gasteiger partial charge in [-0.05, 0) is 47.4 Å². The summed E-state index contributed by atoms with van der Waals surface area (Å²) in [5, 5.41) is 2.72. The second-order valence-electron chi connectivity index (χ2n) is 4.69. The Kier molecular flexibility index (Phi) is 4.94. The molecule has 1 atom stereocenters. The van der Waals surface area contributed by atoms with Crippen molar-refractivity contribution in [1.82, 2.24) is 0 Å². The zero-order valence-electron chi connectivity index (χ0n) is 11.5. The molecule has 0 spiro atoms. The van der Waals surface area contributed by atoms with Crippen LogP contribution < -0.4 is 0 Å². The van der Waals surface area contributed by atoms with E-state index in [4.69, 9.17) is 23.2 Å². The molecule has 1 aromatic carbocycles. The van der Waals surface area contributed by atoms with Gasteiger partial charge >= 0.3 is 0 Å². The summed E-state index contributed by atoms with van der Waals surface area (Å²) in [6.45, 7) is 6.39. The molecule has 1 heterocycles. The molecular weight excluding hydrogens is 295 g/mol. The van der Waals surface area contributed by atoms with Crippen molar-refractivity contribution < 1.29 is 0 Å². The minimum Gasteiger partial charge on any atom is -0.145 e. The van der Waals surface area contributed by atoms with Crippen LogP contribution in [0.3, 0.4) is 0 Å². The van der Waals surface area contributed by atoms with Gasteiger partial charge < -0.3 is 0 Å². The van der Waals surface area contributed by atoms with Crippen LogP contribution in [-0.2, 0) is 12.8 Å². The lowest BCUT2D eigenvalue weighted by molar-refractivity contribution is 1.02. The third kappa shape index (κ3) is 2.99. The van der Waals surface area contributed by atoms with Gasteiger partial charge in [0.15, 0.2) is 0 Å². The highest BCUT2D eigenvalue weighted by atomic mass is 35.5. The predicted octanol–water partition coefficient (Wildman–Crippen LogP) is 6.16. The van der Waals surface area contributed by atoms with Crippen molar-refractivity contribution in [2.45, 2.75) is 39.0 Å². The summed E-state index contributed by atoms with van der Waals surface area (Å²) in [6.07, 6.45) is 2.10. The summed E-state index contributed by atoms with van der Waals surface area (Å²) >= 11 is 14.6. The van der Waals surface area contributed by atoms with Crippen molar-refractivity contribution >= 4 is 34.5 Å². The van der Waals surface area contributed by atoms with Crippen molar-refractivity contribution in [2.24, 2.45) is 0 Å². The van der Waals surface area contributed by atoms with Crippen molar-refractivity contribution in [3.63, 3.8) is 0 Å². The normalized spacial score (nSPS) is 12.7. The van der Waals surface area contributed by atoms with Crippen molar-refractivity contribution in [1.29, 1.82) is 0 Å². The third-order valence-electron chi connectivity index (χ3n) is 3.44. The molecule has 0 aliphatic carbocycles. The second-order valence-corrected chi connectivity index (χ2v) is 6.42. The lowest BCUT2D eigenvalue weighted by Crippen LogP contribution is -1.97. The fraction of sp³-hybridized carbons (Fsp3) is 0.375. The molecule has 19 heavy (non-hydrogen) atoms. The summed E-state index contributed by atoms with van der Waals surface area (Å²) < 4.78 is 0. The minimum atomic E-state index is -0.151. The Morgan fingerprint density at radius 1 is 1.16 bits per heavy atom. The Balaban J connectivity index is 2.39. The third-order valence-corrected chi connectivity index (χ3v) is 5.82. The molecule has 1 unspecified atom stereocenters. The highest BCUT2D eigenvalue weighted by molar-refractivity contribution is 7.11. The Hall–Kier alpha value is -0.500. The maximum absolute atomic E-state index is 6.60. The molecule has 2 aromatic rings. The monoisotopic (exact) mass is 312 g/mol. The van der Waals surface area contributed by atoms with Gasteiger partial charge in [-0.1, -0.05) is 43.6 Å². The summed E-state index contributed by atoms with van der Waals surface area (Å²) in [6, 6.07) is 6.54. The quantitative estimate of drug-likeness (QED) is 0.593. The zero-order chi connectivity index (χ0) is 14.0. The molecule has 3 heteroatoms.